The normalized spacial score (nSPS) is 13.3. The number of hydrogen-bond acceptors (Lipinski definition) is 12. The second-order valence-corrected chi connectivity index (χ2v) is 17.6. The average Bonchev–Trinajstić information content (AvgIpc) is 3.26. The first kappa shape index (κ1) is 62.0. The summed E-state index contributed by atoms with van der Waals surface area (Å²) in [7, 11) is 0. The Balaban J connectivity index is 4.37. The van der Waals surface area contributed by atoms with Gasteiger partial charge in [0.05, 0.1) is 18.0 Å². The van der Waals surface area contributed by atoms with Crippen molar-refractivity contribution in [3.8, 4) is 0 Å². The number of carboxylic acid groups (broad SMARTS) is 4. The van der Waals surface area contributed by atoms with Gasteiger partial charge in [-0.15, -0.1) is 0 Å². The molecule has 0 fully saturated rings. The van der Waals surface area contributed by atoms with E-state index >= 15 is 0 Å². The second-order valence-electron chi connectivity index (χ2n) is 17.6. The van der Waals surface area contributed by atoms with Crippen LogP contribution in [0.15, 0.2) is 0 Å². The zero-order chi connectivity index (χ0) is 50.4. The molecule has 0 unspecified atom stereocenters. The Bertz CT molecular complexity index is 1530. The number of nitrogens with two attached hydrogens (primary N) is 2. The molecule has 4 amide bonds. The highest BCUT2D eigenvalue weighted by atomic mass is 16.4. The van der Waals surface area contributed by atoms with Gasteiger partial charge in [0.15, 0.2) is 0 Å². The van der Waals surface area contributed by atoms with Crippen LogP contribution in [0.25, 0.3) is 0 Å². The Morgan fingerprint density at radius 3 is 1.25 bits per heavy atom. The van der Waals surface area contributed by atoms with Gasteiger partial charge in [-0.2, -0.15) is 0 Å². The molecule has 0 aromatic heterocycles. The maximum atomic E-state index is 12.6. The SMILES string of the molecule is CC(=O)[C@@H](N)CCCCNC(=O)[C@@H](N)CCCCNC(=O)CC[C@H](NC(=O)CC[C@H](NC(=O)CC[C@H](CC(=O)CCCCCCCCCCCCCCCCC(=O)O)C(=O)O)C(=O)O)C(=O)O. The van der Waals surface area contributed by atoms with Crippen LogP contribution in [-0.2, 0) is 47.9 Å². The van der Waals surface area contributed by atoms with E-state index in [0.717, 1.165) is 57.8 Å². The lowest BCUT2D eigenvalue weighted by atomic mass is 9.94. The predicted octanol–water partition coefficient (Wildman–Crippen LogP) is 4.27. The number of rotatable bonds is 45. The fourth-order valence-corrected chi connectivity index (χ4v) is 7.29. The third-order valence-corrected chi connectivity index (χ3v) is 11.6. The van der Waals surface area contributed by atoms with Crippen LogP contribution in [-0.4, -0.2) is 117 Å². The van der Waals surface area contributed by atoms with Gasteiger partial charge in [-0.1, -0.05) is 77.0 Å². The van der Waals surface area contributed by atoms with Gasteiger partial charge >= 0.3 is 23.9 Å². The molecule has 0 rings (SSSR count). The molecule has 67 heavy (non-hydrogen) atoms. The van der Waals surface area contributed by atoms with E-state index in [2.05, 4.69) is 21.3 Å². The molecule has 0 saturated carbocycles. The van der Waals surface area contributed by atoms with Crippen molar-refractivity contribution >= 4 is 59.1 Å². The van der Waals surface area contributed by atoms with E-state index in [1.807, 2.05) is 0 Å². The minimum absolute atomic E-state index is 0.0849. The van der Waals surface area contributed by atoms with Crippen LogP contribution in [0.3, 0.4) is 0 Å². The highest BCUT2D eigenvalue weighted by Crippen LogP contribution is 2.17. The van der Waals surface area contributed by atoms with Gasteiger partial charge in [-0.3, -0.25) is 38.4 Å². The minimum Gasteiger partial charge on any atom is -0.481 e. The van der Waals surface area contributed by atoms with Crippen molar-refractivity contribution in [3.63, 3.8) is 0 Å². The van der Waals surface area contributed by atoms with E-state index in [1.165, 1.54) is 32.6 Å². The molecular formula is C47H82N6O14. The Morgan fingerprint density at radius 2 is 0.821 bits per heavy atom. The summed E-state index contributed by atoms with van der Waals surface area (Å²) in [5.74, 6) is -8.67. The molecule has 0 aliphatic rings. The highest BCUT2D eigenvalue weighted by Gasteiger charge is 2.27. The summed E-state index contributed by atoms with van der Waals surface area (Å²) < 4.78 is 0. The molecule has 0 aliphatic carbocycles. The Labute approximate surface area is 395 Å². The van der Waals surface area contributed by atoms with Gasteiger partial charge in [-0.25, -0.2) is 9.59 Å². The smallest absolute Gasteiger partial charge is 0.326 e. The van der Waals surface area contributed by atoms with Crippen molar-refractivity contribution in [1.82, 2.24) is 21.3 Å². The number of unbranched alkanes of at least 4 members (excludes halogenated alkanes) is 15. The van der Waals surface area contributed by atoms with Crippen molar-refractivity contribution in [3.05, 3.63) is 0 Å². The highest BCUT2D eigenvalue weighted by molar-refractivity contribution is 5.87. The first-order chi connectivity index (χ1) is 31.8. The lowest BCUT2D eigenvalue weighted by Crippen LogP contribution is -2.44. The standard InChI is InChI=1S/C47H82N6O14/c1-33(54)36(48)21-16-19-31-51-44(61)37(49)22-17-18-30-50-40(56)28-25-38(46(64)65)53-42(58)29-26-39(47(66)67)52-41(57)27-24-34(45(62)63)32-35(55)20-14-12-10-8-6-4-2-3-5-7-9-11-13-15-23-43(59)60/h34,36-39H,2-32,48-49H2,1H3,(H,50,56)(H,51,61)(H,52,57)(H,53,58)(H,59,60)(H,62,63)(H,64,65)(H,66,67)/t34-,36+,37+,38+,39+/m1/s1. The molecule has 12 N–H and O–H groups in total. The molecule has 0 aromatic rings. The Hall–Kier alpha value is -4.98. The Kier molecular flexibility index (Phi) is 36.2. The molecule has 0 heterocycles. The third kappa shape index (κ3) is 35.8. The molecular weight excluding hydrogens is 873 g/mol. The predicted molar refractivity (Wildman–Crippen MR) is 249 cm³/mol. The van der Waals surface area contributed by atoms with Crippen molar-refractivity contribution in [2.75, 3.05) is 13.1 Å². The molecule has 0 aliphatic heterocycles. The third-order valence-electron chi connectivity index (χ3n) is 11.6. The van der Waals surface area contributed by atoms with Gasteiger partial charge in [0.2, 0.25) is 23.6 Å². The first-order valence-corrected chi connectivity index (χ1v) is 24.4. The lowest BCUT2D eigenvalue weighted by Gasteiger charge is -2.17. The summed E-state index contributed by atoms with van der Waals surface area (Å²) in [6.07, 6.45) is 16.1. The molecule has 0 spiro atoms. The molecule has 0 aromatic carbocycles. The molecule has 0 saturated heterocycles. The molecule has 0 bridgehead atoms. The fourth-order valence-electron chi connectivity index (χ4n) is 7.29. The van der Waals surface area contributed by atoms with Crippen molar-refractivity contribution in [2.24, 2.45) is 17.4 Å². The number of Topliss-reactive ketones (excluding diaryl/α,β-unsaturated/α-hetero) is 2. The number of aliphatic carboxylic acids is 4. The van der Waals surface area contributed by atoms with Gasteiger partial charge in [-0.05, 0) is 77.6 Å². The topological polar surface area (TPSA) is 352 Å². The van der Waals surface area contributed by atoms with E-state index in [-0.39, 0.29) is 69.0 Å². The summed E-state index contributed by atoms with van der Waals surface area (Å²) in [5.41, 5.74) is 11.6. The van der Waals surface area contributed by atoms with Gasteiger partial charge < -0.3 is 53.2 Å². The van der Waals surface area contributed by atoms with Crippen molar-refractivity contribution in [1.29, 1.82) is 0 Å². The molecule has 5 atom stereocenters. The van der Waals surface area contributed by atoms with Gasteiger partial charge in [0, 0.05) is 51.6 Å². The quantitative estimate of drug-likeness (QED) is 0.0381. The van der Waals surface area contributed by atoms with E-state index in [9.17, 15) is 63.3 Å². The van der Waals surface area contributed by atoms with Crippen LogP contribution in [0, 0.1) is 5.92 Å². The van der Waals surface area contributed by atoms with E-state index in [1.54, 1.807) is 0 Å². The lowest BCUT2D eigenvalue weighted by molar-refractivity contribution is -0.145. The van der Waals surface area contributed by atoms with E-state index < -0.39 is 84.5 Å². The molecule has 0 radical (unpaired) electrons. The van der Waals surface area contributed by atoms with Crippen LogP contribution in [0.1, 0.15) is 193 Å². The molecule has 20 heteroatoms. The number of carboxylic acids is 4. The monoisotopic (exact) mass is 955 g/mol. The second kappa shape index (κ2) is 39.1. The summed E-state index contributed by atoms with van der Waals surface area (Å²) in [5, 5.41) is 47.5. The van der Waals surface area contributed by atoms with Crippen LogP contribution < -0.4 is 32.7 Å². The summed E-state index contributed by atoms with van der Waals surface area (Å²) in [4.78, 5) is 119. The number of hydrogen-bond donors (Lipinski definition) is 10. The maximum absolute atomic E-state index is 12.6. The fraction of sp³-hybridized carbons (Fsp3) is 0.787. The molecule has 20 nitrogen and oxygen atoms in total. The number of carbonyl (C=O) groups is 10. The van der Waals surface area contributed by atoms with Crippen LogP contribution in [0.2, 0.25) is 0 Å². The first-order valence-electron chi connectivity index (χ1n) is 24.4. The zero-order valence-corrected chi connectivity index (χ0v) is 39.8. The van der Waals surface area contributed by atoms with Gasteiger partial charge in [0.1, 0.15) is 23.7 Å². The summed E-state index contributed by atoms with van der Waals surface area (Å²) in [6, 6.07) is -4.23. The zero-order valence-electron chi connectivity index (χ0n) is 39.8. The van der Waals surface area contributed by atoms with Crippen LogP contribution in [0.5, 0.6) is 0 Å². The Morgan fingerprint density at radius 1 is 0.418 bits per heavy atom. The van der Waals surface area contributed by atoms with E-state index in [0.29, 0.717) is 51.5 Å². The van der Waals surface area contributed by atoms with Gasteiger partial charge in [0.25, 0.3) is 0 Å². The van der Waals surface area contributed by atoms with Crippen LogP contribution >= 0.6 is 0 Å². The number of amides is 4. The number of nitrogens with one attached hydrogen (secondary N) is 4. The summed E-state index contributed by atoms with van der Waals surface area (Å²) >= 11 is 0. The number of ketones is 2. The maximum Gasteiger partial charge on any atom is 0.326 e. The van der Waals surface area contributed by atoms with Crippen LogP contribution in [0.4, 0.5) is 0 Å². The average molecular weight is 955 g/mol. The van der Waals surface area contributed by atoms with Crippen molar-refractivity contribution in [2.45, 2.75) is 217 Å². The van der Waals surface area contributed by atoms with Crippen molar-refractivity contribution < 1.29 is 68.4 Å². The van der Waals surface area contributed by atoms with E-state index in [4.69, 9.17) is 16.6 Å². The summed E-state index contributed by atoms with van der Waals surface area (Å²) in [6.45, 7) is 2.09. The molecule has 384 valence electrons. The minimum atomic E-state index is -1.53. The number of carbonyl (C=O) groups excluding carboxylic acids is 6. The largest absolute Gasteiger partial charge is 0.481 e.